The zero-order valence-corrected chi connectivity index (χ0v) is 7.40. The van der Waals surface area contributed by atoms with Crippen molar-refractivity contribution in [3.8, 4) is 0 Å². The number of hydrogen-bond donors (Lipinski definition) is 2. The van der Waals surface area contributed by atoms with Crippen LogP contribution in [0.4, 0.5) is 5.69 Å². The van der Waals surface area contributed by atoms with Crippen molar-refractivity contribution < 1.29 is 0 Å². The highest BCUT2D eigenvalue weighted by atomic mass is 32.1. The van der Waals surface area contributed by atoms with Crippen molar-refractivity contribution in [2.45, 2.75) is 6.54 Å². The van der Waals surface area contributed by atoms with Crippen LogP contribution >= 0.6 is 11.3 Å². The van der Waals surface area contributed by atoms with Crippen LogP contribution in [0.15, 0.2) is 24.3 Å². The molecule has 0 bridgehead atoms. The van der Waals surface area contributed by atoms with Crippen LogP contribution in [0, 0.1) is 0 Å². The van der Waals surface area contributed by atoms with Gasteiger partial charge in [-0.1, -0.05) is 12.1 Å². The fraction of sp³-hybridized carbons (Fsp3) is 0.111. The molecule has 1 aromatic carbocycles. The Hall–Kier alpha value is -1.06. The predicted molar refractivity (Wildman–Crippen MR) is 54.1 cm³/mol. The average Bonchev–Trinajstić information content (AvgIpc) is 2.49. The topological polar surface area (TPSA) is 52.0 Å². The van der Waals surface area contributed by atoms with Crippen molar-refractivity contribution in [1.29, 1.82) is 0 Å². The number of nitrogen functional groups attached to an aromatic ring is 1. The molecule has 1 aromatic heterocycles. The molecule has 0 saturated carbocycles. The van der Waals surface area contributed by atoms with Gasteiger partial charge in [0, 0.05) is 17.1 Å². The van der Waals surface area contributed by atoms with E-state index in [4.69, 9.17) is 11.5 Å². The van der Waals surface area contributed by atoms with Crippen LogP contribution in [0.3, 0.4) is 0 Å². The van der Waals surface area contributed by atoms with Crippen molar-refractivity contribution in [2.24, 2.45) is 5.73 Å². The van der Waals surface area contributed by atoms with E-state index in [9.17, 15) is 0 Å². The molecular formula is C9H10N2S. The number of rotatable bonds is 1. The molecule has 0 aliphatic rings. The Labute approximate surface area is 74.8 Å². The normalized spacial score (nSPS) is 10.8. The molecule has 0 atom stereocenters. The van der Waals surface area contributed by atoms with Crippen LogP contribution in [0.5, 0.6) is 0 Å². The summed E-state index contributed by atoms with van der Waals surface area (Å²) in [6.45, 7) is 0.596. The summed E-state index contributed by atoms with van der Waals surface area (Å²) in [5.41, 5.74) is 12.2. The molecule has 0 aliphatic carbocycles. The molecule has 2 rings (SSSR count). The Morgan fingerprint density at radius 3 is 2.83 bits per heavy atom. The monoisotopic (exact) mass is 178 g/mol. The molecule has 0 aliphatic heterocycles. The molecule has 0 spiro atoms. The minimum atomic E-state index is 0.596. The molecule has 0 fully saturated rings. The number of nitrogens with two attached hydrogens (primary N) is 2. The number of benzene rings is 1. The van der Waals surface area contributed by atoms with Gasteiger partial charge in [-0.05, 0) is 17.5 Å². The van der Waals surface area contributed by atoms with Gasteiger partial charge in [0.25, 0.3) is 0 Å². The van der Waals surface area contributed by atoms with Crippen molar-refractivity contribution in [3.63, 3.8) is 0 Å². The Morgan fingerprint density at radius 2 is 2.17 bits per heavy atom. The predicted octanol–water partition coefficient (Wildman–Crippen LogP) is 1.94. The molecule has 3 heteroatoms. The largest absolute Gasteiger partial charge is 0.398 e. The van der Waals surface area contributed by atoms with Crippen molar-refractivity contribution >= 4 is 27.1 Å². The van der Waals surface area contributed by atoms with Gasteiger partial charge in [0.2, 0.25) is 0 Å². The van der Waals surface area contributed by atoms with Gasteiger partial charge in [0.05, 0.1) is 4.70 Å². The van der Waals surface area contributed by atoms with Crippen LogP contribution in [0.2, 0.25) is 0 Å². The Balaban J connectivity index is 2.74. The summed E-state index contributed by atoms with van der Waals surface area (Å²) < 4.78 is 1.15. The van der Waals surface area contributed by atoms with E-state index in [2.05, 4.69) is 12.1 Å². The van der Waals surface area contributed by atoms with Gasteiger partial charge in [-0.3, -0.25) is 0 Å². The lowest BCUT2D eigenvalue weighted by Gasteiger charge is -1.92. The first kappa shape index (κ1) is 7.58. The molecule has 12 heavy (non-hydrogen) atoms. The van der Waals surface area contributed by atoms with E-state index in [-0.39, 0.29) is 0 Å². The van der Waals surface area contributed by atoms with Crippen molar-refractivity contribution in [1.82, 2.24) is 0 Å². The maximum atomic E-state index is 5.79. The summed E-state index contributed by atoms with van der Waals surface area (Å²) in [6.07, 6.45) is 0. The van der Waals surface area contributed by atoms with Gasteiger partial charge in [-0.15, -0.1) is 11.3 Å². The molecule has 0 radical (unpaired) electrons. The lowest BCUT2D eigenvalue weighted by Crippen LogP contribution is -1.91. The fourth-order valence-electron chi connectivity index (χ4n) is 1.24. The van der Waals surface area contributed by atoms with Crippen LogP contribution in [-0.4, -0.2) is 0 Å². The van der Waals surface area contributed by atoms with E-state index in [1.807, 2.05) is 12.1 Å². The van der Waals surface area contributed by atoms with Gasteiger partial charge in [0.1, 0.15) is 0 Å². The minimum Gasteiger partial charge on any atom is -0.398 e. The molecule has 0 amide bonds. The SMILES string of the molecule is NCc1cc2cccc(N)c2s1. The summed E-state index contributed by atoms with van der Waals surface area (Å²) in [7, 11) is 0. The van der Waals surface area contributed by atoms with E-state index < -0.39 is 0 Å². The van der Waals surface area contributed by atoms with E-state index in [0.29, 0.717) is 6.54 Å². The molecule has 2 aromatic rings. The number of fused-ring (bicyclic) bond motifs is 1. The third-order valence-corrected chi connectivity index (χ3v) is 3.05. The molecule has 0 saturated heterocycles. The maximum absolute atomic E-state index is 5.79. The van der Waals surface area contributed by atoms with E-state index in [0.717, 1.165) is 10.4 Å². The van der Waals surface area contributed by atoms with E-state index in [1.54, 1.807) is 11.3 Å². The molecular weight excluding hydrogens is 168 g/mol. The average molecular weight is 178 g/mol. The summed E-state index contributed by atoms with van der Waals surface area (Å²) in [4.78, 5) is 1.18. The molecule has 62 valence electrons. The summed E-state index contributed by atoms with van der Waals surface area (Å²) in [5.74, 6) is 0. The summed E-state index contributed by atoms with van der Waals surface area (Å²) in [5, 5.41) is 1.19. The Bertz CT molecular complexity index is 406. The van der Waals surface area contributed by atoms with E-state index >= 15 is 0 Å². The lowest BCUT2D eigenvalue weighted by atomic mass is 10.2. The first-order chi connectivity index (χ1) is 5.81. The van der Waals surface area contributed by atoms with Crippen molar-refractivity contribution in [3.05, 3.63) is 29.1 Å². The van der Waals surface area contributed by atoms with Crippen molar-refractivity contribution in [2.75, 3.05) is 5.73 Å². The maximum Gasteiger partial charge on any atom is 0.0575 e. The second kappa shape index (κ2) is 2.77. The van der Waals surface area contributed by atoms with Gasteiger partial charge >= 0.3 is 0 Å². The highest BCUT2D eigenvalue weighted by molar-refractivity contribution is 7.19. The third kappa shape index (κ3) is 1.07. The fourth-order valence-corrected chi connectivity index (χ4v) is 2.20. The number of hydrogen-bond acceptors (Lipinski definition) is 3. The second-order valence-electron chi connectivity index (χ2n) is 2.68. The first-order valence-corrected chi connectivity index (χ1v) is 4.60. The lowest BCUT2D eigenvalue weighted by molar-refractivity contribution is 1.11. The Morgan fingerprint density at radius 1 is 1.33 bits per heavy atom. The van der Waals surface area contributed by atoms with Gasteiger partial charge in [-0.25, -0.2) is 0 Å². The smallest absolute Gasteiger partial charge is 0.0575 e. The molecule has 2 nitrogen and oxygen atoms in total. The standard InChI is InChI=1S/C9H10N2S/c10-5-7-4-6-2-1-3-8(11)9(6)12-7/h1-4H,5,10-11H2. The zero-order chi connectivity index (χ0) is 8.55. The zero-order valence-electron chi connectivity index (χ0n) is 6.58. The van der Waals surface area contributed by atoms with E-state index in [1.165, 1.54) is 10.3 Å². The molecule has 4 N–H and O–H groups in total. The highest BCUT2D eigenvalue weighted by Crippen LogP contribution is 2.29. The number of anilines is 1. The summed E-state index contributed by atoms with van der Waals surface area (Å²) >= 11 is 1.67. The minimum absolute atomic E-state index is 0.596. The number of thiophene rings is 1. The van der Waals surface area contributed by atoms with Crippen LogP contribution in [-0.2, 0) is 6.54 Å². The van der Waals surface area contributed by atoms with Gasteiger partial charge < -0.3 is 11.5 Å². The first-order valence-electron chi connectivity index (χ1n) is 3.78. The molecule has 0 unspecified atom stereocenters. The van der Waals surface area contributed by atoms with Crippen LogP contribution in [0.1, 0.15) is 4.88 Å². The quantitative estimate of drug-likeness (QED) is 0.656. The second-order valence-corrected chi connectivity index (χ2v) is 3.82. The Kier molecular flexibility index (Phi) is 1.75. The van der Waals surface area contributed by atoms with Crippen LogP contribution < -0.4 is 11.5 Å². The highest BCUT2D eigenvalue weighted by Gasteiger charge is 2.01. The molecule has 1 heterocycles. The third-order valence-electron chi connectivity index (χ3n) is 1.83. The van der Waals surface area contributed by atoms with Gasteiger partial charge in [0.15, 0.2) is 0 Å². The van der Waals surface area contributed by atoms with Crippen LogP contribution in [0.25, 0.3) is 10.1 Å². The van der Waals surface area contributed by atoms with Gasteiger partial charge in [-0.2, -0.15) is 0 Å². The summed E-state index contributed by atoms with van der Waals surface area (Å²) in [6, 6.07) is 8.03.